The van der Waals surface area contributed by atoms with E-state index in [2.05, 4.69) is 0 Å². The van der Waals surface area contributed by atoms with Gasteiger partial charge >= 0.3 is 12.4 Å². The van der Waals surface area contributed by atoms with Crippen molar-refractivity contribution in [1.29, 1.82) is 0 Å². The Kier molecular flexibility index (Phi) is 5.91. The SMILES string of the molecule is O=C(O)C(F)F.[Zn]. The van der Waals surface area contributed by atoms with Gasteiger partial charge in [0.2, 0.25) is 0 Å². The van der Waals surface area contributed by atoms with E-state index in [0.717, 1.165) is 0 Å². The first-order chi connectivity index (χ1) is 2.64. The molecule has 38 valence electrons. The Morgan fingerprint density at radius 3 is 1.71 bits per heavy atom. The molecule has 0 unspecified atom stereocenters. The van der Waals surface area contributed by atoms with Gasteiger partial charge in [0.05, 0.1) is 0 Å². The normalized spacial score (nSPS) is 7.86. The van der Waals surface area contributed by atoms with Crippen LogP contribution in [0.3, 0.4) is 0 Å². The molecule has 0 amide bonds. The van der Waals surface area contributed by atoms with Gasteiger partial charge in [-0.05, 0) is 0 Å². The Morgan fingerprint density at radius 2 is 1.71 bits per heavy atom. The molecular weight excluding hydrogens is 159 g/mol. The fourth-order valence-corrected chi connectivity index (χ4v) is 0. The van der Waals surface area contributed by atoms with Crippen LogP contribution in [0.1, 0.15) is 0 Å². The smallest absolute Gasteiger partial charge is 0.371 e. The van der Waals surface area contributed by atoms with E-state index in [1.807, 2.05) is 0 Å². The van der Waals surface area contributed by atoms with Crippen LogP contribution in [0.25, 0.3) is 0 Å². The van der Waals surface area contributed by atoms with Gasteiger partial charge in [-0.2, -0.15) is 8.78 Å². The Labute approximate surface area is 51.3 Å². The minimum Gasteiger partial charge on any atom is -0.477 e. The number of hydrogen-bond donors (Lipinski definition) is 1. The summed E-state index contributed by atoms with van der Waals surface area (Å²) in [6.07, 6.45) is -3.23. The van der Waals surface area contributed by atoms with Crippen molar-refractivity contribution in [3.63, 3.8) is 0 Å². The van der Waals surface area contributed by atoms with Gasteiger partial charge in [0.1, 0.15) is 0 Å². The molecule has 0 aliphatic rings. The molecule has 0 spiro atoms. The summed E-state index contributed by atoms with van der Waals surface area (Å²) in [5, 5.41) is 7.24. The number of alkyl halides is 2. The third kappa shape index (κ3) is 5.95. The van der Waals surface area contributed by atoms with E-state index in [0.29, 0.717) is 0 Å². The van der Waals surface area contributed by atoms with Gasteiger partial charge in [0.15, 0.2) is 0 Å². The Morgan fingerprint density at radius 1 is 1.57 bits per heavy atom. The summed E-state index contributed by atoms with van der Waals surface area (Å²) in [6.45, 7) is 0. The molecule has 0 bridgehead atoms. The van der Waals surface area contributed by atoms with E-state index in [4.69, 9.17) is 9.90 Å². The molecule has 0 aromatic carbocycles. The van der Waals surface area contributed by atoms with Crippen molar-refractivity contribution in [2.24, 2.45) is 0 Å². The van der Waals surface area contributed by atoms with Gasteiger partial charge in [0.25, 0.3) is 0 Å². The van der Waals surface area contributed by atoms with Gasteiger partial charge < -0.3 is 5.11 Å². The van der Waals surface area contributed by atoms with Crippen molar-refractivity contribution in [2.75, 3.05) is 0 Å². The van der Waals surface area contributed by atoms with Crippen LogP contribution in [0, 0.1) is 0 Å². The third-order valence-electron chi connectivity index (χ3n) is 0.187. The topological polar surface area (TPSA) is 37.3 Å². The maximum Gasteiger partial charge on any atom is 0.371 e. The molecule has 0 radical (unpaired) electrons. The van der Waals surface area contributed by atoms with E-state index in [9.17, 15) is 8.78 Å². The summed E-state index contributed by atoms with van der Waals surface area (Å²) in [6, 6.07) is 0. The van der Waals surface area contributed by atoms with Crippen LogP contribution in [-0.2, 0) is 24.3 Å². The van der Waals surface area contributed by atoms with Crippen LogP contribution < -0.4 is 0 Å². The summed E-state index contributed by atoms with van der Waals surface area (Å²) in [5.74, 6) is -2.07. The zero-order valence-electron chi connectivity index (χ0n) is 3.40. The minimum atomic E-state index is -3.23. The summed E-state index contributed by atoms with van der Waals surface area (Å²) in [7, 11) is 0. The van der Waals surface area contributed by atoms with Gasteiger partial charge in [-0.15, -0.1) is 0 Å². The second-order valence-corrected chi connectivity index (χ2v) is 0.639. The molecule has 0 aromatic heterocycles. The fourth-order valence-electron chi connectivity index (χ4n) is 0. The molecule has 0 saturated carbocycles. The molecular formula is C2H2F2O2Zn. The van der Waals surface area contributed by atoms with Crippen molar-refractivity contribution in [3.05, 3.63) is 0 Å². The second kappa shape index (κ2) is 4.12. The predicted octanol–water partition coefficient (Wildman–Crippen LogP) is 0.334. The van der Waals surface area contributed by atoms with E-state index in [-0.39, 0.29) is 19.5 Å². The van der Waals surface area contributed by atoms with Gasteiger partial charge in [0, 0.05) is 19.5 Å². The number of rotatable bonds is 1. The first kappa shape index (κ1) is 10.0. The molecule has 0 atom stereocenters. The summed E-state index contributed by atoms with van der Waals surface area (Å²) in [5.41, 5.74) is 0. The molecule has 5 heteroatoms. The molecule has 0 fully saturated rings. The van der Waals surface area contributed by atoms with E-state index in [1.54, 1.807) is 0 Å². The zero-order chi connectivity index (χ0) is 5.15. The van der Waals surface area contributed by atoms with Crippen LogP contribution >= 0.6 is 0 Å². The molecule has 0 heterocycles. The van der Waals surface area contributed by atoms with Crippen LogP contribution in [-0.4, -0.2) is 17.5 Å². The molecule has 0 saturated heterocycles. The van der Waals surface area contributed by atoms with Crippen LogP contribution in [0.15, 0.2) is 0 Å². The fraction of sp³-hybridized carbons (Fsp3) is 0.500. The van der Waals surface area contributed by atoms with Crippen molar-refractivity contribution >= 4 is 5.97 Å². The summed E-state index contributed by atoms with van der Waals surface area (Å²) < 4.78 is 21.1. The molecule has 0 aliphatic heterocycles. The van der Waals surface area contributed by atoms with Crippen molar-refractivity contribution in [1.82, 2.24) is 0 Å². The predicted molar refractivity (Wildman–Crippen MR) is 13.6 cm³/mol. The molecule has 0 aromatic rings. The van der Waals surface area contributed by atoms with E-state index >= 15 is 0 Å². The molecule has 0 aliphatic carbocycles. The number of halogens is 2. The zero-order valence-corrected chi connectivity index (χ0v) is 6.36. The summed E-state index contributed by atoms with van der Waals surface area (Å²) in [4.78, 5) is 8.95. The van der Waals surface area contributed by atoms with E-state index in [1.165, 1.54) is 0 Å². The maximum atomic E-state index is 10.6. The average Bonchev–Trinajstić information content (AvgIpc) is 1.36. The van der Waals surface area contributed by atoms with Crippen molar-refractivity contribution in [3.8, 4) is 0 Å². The number of carbonyl (C=O) groups is 1. The standard InChI is InChI=1S/C2H2F2O2.Zn/c3-1(4)2(5)6;/h1H,(H,5,6);. The largest absolute Gasteiger partial charge is 0.477 e. The average molecular weight is 161 g/mol. The minimum absolute atomic E-state index is 0. The Balaban J connectivity index is 0. The monoisotopic (exact) mass is 160 g/mol. The van der Waals surface area contributed by atoms with Gasteiger partial charge in [-0.3, -0.25) is 0 Å². The maximum absolute atomic E-state index is 10.6. The molecule has 2 nitrogen and oxygen atoms in total. The molecule has 0 rings (SSSR count). The number of carboxylic acid groups (broad SMARTS) is 1. The molecule has 7 heavy (non-hydrogen) atoms. The first-order valence-corrected chi connectivity index (χ1v) is 1.15. The first-order valence-electron chi connectivity index (χ1n) is 1.15. The van der Waals surface area contributed by atoms with E-state index < -0.39 is 12.4 Å². The number of hydrogen-bond acceptors (Lipinski definition) is 1. The quantitative estimate of drug-likeness (QED) is 0.563. The Hall–Kier alpha value is -0.0466. The van der Waals surface area contributed by atoms with Crippen LogP contribution in [0.4, 0.5) is 8.78 Å². The van der Waals surface area contributed by atoms with Crippen LogP contribution in [0.2, 0.25) is 0 Å². The van der Waals surface area contributed by atoms with Gasteiger partial charge in [-0.1, -0.05) is 0 Å². The molecule has 1 N–H and O–H groups in total. The van der Waals surface area contributed by atoms with Gasteiger partial charge in [-0.25, -0.2) is 4.79 Å². The third-order valence-corrected chi connectivity index (χ3v) is 0.187. The Bertz CT molecular complexity index is 64.7. The van der Waals surface area contributed by atoms with Crippen LogP contribution in [0.5, 0.6) is 0 Å². The number of carboxylic acids is 1. The van der Waals surface area contributed by atoms with Crippen molar-refractivity contribution < 1.29 is 38.2 Å². The number of aliphatic carboxylic acids is 1. The van der Waals surface area contributed by atoms with Crippen molar-refractivity contribution in [2.45, 2.75) is 6.43 Å². The second-order valence-electron chi connectivity index (χ2n) is 0.639. The summed E-state index contributed by atoms with van der Waals surface area (Å²) >= 11 is 0.